The van der Waals surface area contributed by atoms with Crippen LogP contribution in [0.25, 0.3) is 0 Å². The minimum atomic E-state index is 0.748. The number of hydrogen-bond acceptors (Lipinski definition) is 3. The maximum Gasteiger partial charge on any atom is 0.128 e. The lowest BCUT2D eigenvalue weighted by Gasteiger charge is -2.18. The summed E-state index contributed by atoms with van der Waals surface area (Å²) in [4.78, 5) is 6.80. The number of aromatic nitrogens is 1. The van der Waals surface area contributed by atoms with Crippen LogP contribution in [0.2, 0.25) is 0 Å². The molecule has 0 spiro atoms. The van der Waals surface area contributed by atoms with Crippen molar-refractivity contribution in [2.45, 2.75) is 19.3 Å². The van der Waals surface area contributed by atoms with Crippen molar-refractivity contribution < 1.29 is 0 Å². The second kappa shape index (κ2) is 3.40. The summed E-state index contributed by atoms with van der Waals surface area (Å²) in [5, 5.41) is 0. The Bertz CT molecular complexity index is 334. The number of anilines is 2. The van der Waals surface area contributed by atoms with Gasteiger partial charge in [-0.25, -0.2) is 4.98 Å². The van der Waals surface area contributed by atoms with E-state index in [1.165, 1.54) is 32.4 Å². The summed E-state index contributed by atoms with van der Waals surface area (Å²) in [6, 6.07) is 3.98. The number of nitrogens with zero attached hydrogens (tertiary/aromatic N) is 2. The van der Waals surface area contributed by atoms with E-state index in [4.69, 9.17) is 5.73 Å². The summed E-state index contributed by atoms with van der Waals surface area (Å²) in [5.74, 6) is 2.94. The molecule has 1 saturated heterocycles. The third-order valence-corrected chi connectivity index (χ3v) is 3.82. The van der Waals surface area contributed by atoms with Crippen molar-refractivity contribution in [3.8, 4) is 0 Å². The molecule has 0 amide bonds. The second-order valence-electron chi connectivity index (χ2n) is 4.81. The zero-order valence-corrected chi connectivity index (χ0v) is 8.89. The zero-order chi connectivity index (χ0) is 10.3. The Balaban J connectivity index is 1.76. The molecule has 2 N–H and O–H groups in total. The molecule has 2 heterocycles. The molecule has 2 aliphatic rings. The van der Waals surface area contributed by atoms with Crippen LogP contribution in [-0.2, 0) is 0 Å². The number of rotatable bonds is 1. The topological polar surface area (TPSA) is 42.1 Å². The maximum absolute atomic E-state index is 5.64. The van der Waals surface area contributed by atoms with Crippen LogP contribution < -0.4 is 10.6 Å². The van der Waals surface area contributed by atoms with Gasteiger partial charge in [-0.3, -0.25) is 0 Å². The molecule has 15 heavy (non-hydrogen) atoms. The van der Waals surface area contributed by atoms with Gasteiger partial charge in [-0.2, -0.15) is 0 Å². The number of hydrogen-bond donors (Lipinski definition) is 1. The van der Waals surface area contributed by atoms with Gasteiger partial charge in [0, 0.05) is 13.1 Å². The van der Waals surface area contributed by atoms with Gasteiger partial charge >= 0.3 is 0 Å². The fourth-order valence-corrected chi connectivity index (χ4v) is 3.01. The molecule has 2 atom stereocenters. The second-order valence-corrected chi connectivity index (χ2v) is 4.81. The van der Waals surface area contributed by atoms with Gasteiger partial charge in [0.05, 0.1) is 11.9 Å². The Morgan fingerprint density at radius 3 is 2.53 bits per heavy atom. The van der Waals surface area contributed by atoms with Crippen molar-refractivity contribution in [2.75, 3.05) is 23.7 Å². The van der Waals surface area contributed by atoms with Crippen LogP contribution in [0.5, 0.6) is 0 Å². The van der Waals surface area contributed by atoms with E-state index in [1.54, 1.807) is 6.20 Å². The van der Waals surface area contributed by atoms with Gasteiger partial charge in [0.15, 0.2) is 0 Å². The lowest BCUT2D eigenvalue weighted by Crippen LogP contribution is -2.21. The molecule has 1 aromatic rings. The number of nitrogens with two attached hydrogens (primary N) is 1. The average Bonchev–Trinajstić information content (AvgIpc) is 2.78. The van der Waals surface area contributed by atoms with E-state index < -0.39 is 0 Å². The van der Waals surface area contributed by atoms with Gasteiger partial charge < -0.3 is 10.6 Å². The van der Waals surface area contributed by atoms with E-state index in [0.717, 1.165) is 23.3 Å². The number of fused-ring (bicyclic) bond motifs is 1. The van der Waals surface area contributed by atoms with E-state index in [1.807, 2.05) is 12.1 Å². The third kappa shape index (κ3) is 1.56. The molecule has 0 aromatic carbocycles. The Morgan fingerprint density at radius 2 is 1.93 bits per heavy atom. The standard InChI is InChI=1S/C12H17N3/c13-11-4-5-12(14-6-11)15-7-9-2-1-3-10(9)8-15/h4-6,9-10H,1-3,7-8,13H2/t9-,10+. The van der Waals surface area contributed by atoms with Gasteiger partial charge in [0.2, 0.25) is 0 Å². The molecule has 1 aliphatic heterocycles. The fraction of sp³-hybridized carbons (Fsp3) is 0.583. The monoisotopic (exact) mass is 203 g/mol. The minimum absolute atomic E-state index is 0.748. The van der Waals surface area contributed by atoms with Crippen molar-refractivity contribution in [1.82, 2.24) is 4.98 Å². The molecule has 1 aromatic heterocycles. The fourth-order valence-electron chi connectivity index (χ4n) is 3.01. The lowest BCUT2D eigenvalue weighted by atomic mass is 10.0. The van der Waals surface area contributed by atoms with Crippen molar-refractivity contribution in [2.24, 2.45) is 11.8 Å². The van der Waals surface area contributed by atoms with Crippen LogP contribution in [-0.4, -0.2) is 18.1 Å². The SMILES string of the molecule is Nc1ccc(N2C[C@H]3CCC[C@H]3C2)nc1. The predicted octanol–water partition coefficient (Wildman–Crippen LogP) is 1.90. The van der Waals surface area contributed by atoms with E-state index in [-0.39, 0.29) is 0 Å². The van der Waals surface area contributed by atoms with Gasteiger partial charge in [-0.15, -0.1) is 0 Å². The van der Waals surface area contributed by atoms with Crippen LogP contribution >= 0.6 is 0 Å². The Kier molecular flexibility index (Phi) is 2.04. The third-order valence-electron chi connectivity index (χ3n) is 3.82. The van der Waals surface area contributed by atoms with Crippen LogP contribution in [0.1, 0.15) is 19.3 Å². The molecular formula is C12H17N3. The van der Waals surface area contributed by atoms with Gasteiger partial charge in [-0.1, -0.05) is 6.42 Å². The first kappa shape index (κ1) is 9.01. The van der Waals surface area contributed by atoms with Crippen molar-refractivity contribution in [1.29, 1.82) is 0 Å². The number of nitrogen functional groups attached to an aromatic ring is 1. The molecule has 3 heteroatoms. The first-order chi connectivity index (χ1) is 7.33. The highest BCUT2D eigenvalue weighted by molar-refractivity contribution is 5.46. The Labute approximate surface area is 90.3 Å². The first-order valence-corrected chi connectivity index (χ1v) is 5.79. The molecule has 80 valence electrons. The molecule has 3 rings (SSSR count). The van der Waals surface area contributed by atoms with Crippen molar-refractivity contribution in [3.63, 3.8) is 0 Å². The minimum Gasteiger partial charge on any atom is -0.397 e. The highest BCUT2D eigenvalue weighted by atomic mass is 15.2. The zero-order valence-electron chi connectivity index (χ0n) is 8.89. The summed E-state index contributed by atoms with van der Waals surface area (Å²) in [6.07, 6.45) is 6.01. The molecule has 2 fully saturated rings. The van der Waals surface area contributed by atoms with Crippen LogP contribution in [0.3, 0.4) is 0 Å². The average molecular weight is 203 g/mol. The van der Waals surface area contributed by atoms with E-state index in [0.29, 0.717) is 0 Å². The predicted molar refractivity (Wildman–Crippen MR) is 61.7 cm³/mol. The molecule has 1 aliphatic carbocycles. The summed E-state index contributed by atoms with van der Waals surface area (Å²) in [6.45, 7) is 2.39. The first-order valence-electron chi connectivity index (χ1n) is 5.79. The highest BCUT2D eigenvalue weighted by Gasteiger charge is 2.36. The van der Waals surface area contributed by atoms with Gasteiger partial charge in [0.25, 0.3) is 0 Å². The van der Waals surface area contributed by atoms with Gasteiger partial charge in [-0.05, 0) is 36.8 Å². The Morgan fingerprint density at radius 1 is 1.20 bits per heavy atom. The van der Waals surface area contributed by atoms with E-state index in [2.05, 4.69) is 9.88 Å². The smallest absolute Gasteiger partial charge is 0.128 e. The molecule has 0 bridgehead atoms. The summed E-state index contributed by atoms with van der Waals surface area (Å²) < 4.78 is 0. The summed E-state index contributed by atoms with van der Waals surface area (Å²) in [5.41, 5.74) is 6.38. The van der Waals surface area contributed by atoms with Crippen LogP contribution in [0, 0.1) is 11.8 Å². The lowest BCUT2D eigenvalue weighted by molar-refractivity contribution is 0.494. The van der Waals surface area contributed by atoms with E-state index >= 15 is 0 Å². The number of pyridine rings is 1. The summed E-state index contributed by atoms with van der Waals surface area (Å²) in [7, 11) is 0. The van der Waals surface area contributed by atoms with Crippen molar-refractivity contribution in [3.05, 3.63) is 18.3 Å². The Hall–Kier alpha value is -1.25. The molecule has 0 unspecified atom stereocenters. The highest BCUT2D eigenvalue weighted by Crippen LogP contribution is 2.38. The van der Waals surface area contributed by atoms with E-state index in [9.17, 15) is 0 Å². The molecular weight excluding hydrogens is 186 g/mol. The molecule has 0 radical (unpaired) electrons. The van der Waals surface area contributed by atoms with Crippen LogP contribution in [0.15, 0.2) is 18.3 Å². The largest absolute Gasteiger partial charge is 0.397 e. The van der Waals surface area contributed by atoms with Gasteiger partial charge in [0.1, 0.15) is 5.82 Å². The maximum atomic E-state index is 5.64. The molecule has 1 saturated carbocycles. The summed E-state index contributed by atoms with van der Waals surface area (Å²) >= 11 is 0. The quantitative estimate of drug-likeness (QED) is 0.758. The normalized spacial score (nSPS) is 29.5. The van der Waals surface area contributed by atoms with Crippen LogP contribution in [0.4, 0.5) is 11.5 Å². The van der Waals surface area contributed by atoms with Crippen molar-refractivity contribution >= 4 is 11.5 Å². The molecule has 3 nitrogen and oxygen atoms in total.